The topological polar surface area (TPSA) is 77.3 Å². The van der Waals surface area contributed by atoms with Crippen LogP contribution in [0.15, 0.2) is 73.8 Å². The second-order valence-electron chi connectivity index (χ2n) is 10.8. The van der Waals surface area contributed by atoms with E-state index in [4.69, 9.17) is 9.97 Å². The molecule has 0 bridgehead atoms. The summed E-state index contributed by atoms with van der Waals surface area (Å²) in [5, 5.41) is 0. The molecule has 0 saturated heterocycles. The van der Waals surface area contributed by atoms with Crippen LogP contribution in [0.5, 0.6) is 0 Å². The molecule has 230 valence electrons. The molecule has 5 aromatic rings. The average Bonchev–Trinajstić information content (AvgIpc) is 3.12. The van der Waals surface area contributed by atoms with Crippen LogP contribution in [-0.2, 0) is 25.7 Å². The van der Waals surface area contributed by atoms with Crippen molar-refractivity contribution < 1.29 is 0 Å². The van der Waals surface area contributed by atoms with Crippen molar-refractivity contribution in [3.8, 4) is 0 Å². The summed E-state index contributed by atoms with van der Waals surface area (Å²) < 4.78 is 0. The van der Waals surface area contributed by atoms with E-state index in [0.29, 0.717) is 0 Å². The highest BCUT2D eigenvalue weighted by molar-refractivity contribution is 5.82. The third kappa shape index (κ3) is 8.02. The van der Waals surface area contributed by atoms with E-state index >= 15 is 0 Å². The zero-order chi connectivity index (χ0) is 32.1. The maximum atomic E-state index is 5.23. The summed E-state index contributed by atoms with van der Waals surface area (Å²) in [6.45, 7) is 8.57. The Bertz CT molecular complexity index is 1630. The van der Waals surface area contributed by atoms with E-state index in [1.165, 1.54) is 22.3 Å². The molecule has 6 nitrogen and oxygen atoms in total. The van der Waals surface area contributed by atoms with E-state index in [-0.39, 0.29) is 0 Å². The summed E-state index contributed by atoms with van der Waals surface area (Å²) in [5.74, 6) is 0. The third-order valence-electron chi connectivity index (χ3n) is 7.98. The zero-order valence-electron chi connectivity index (χ0n) is 27.1. The van der Waals surface area contributed by atoms with Gasteiger partial charge in [-0.2, -0.15) is 0 Å². The van der Waals surface area contributed by atoms with Gasteiger partial charge in [0, 0.05) is 49.6 Å². The van der Waals surface area contributed by atoms with Crippen LogP contribution >= 0.6 is 0 Å². The van der Waals surface area contributed by atoms with Crippen molar-refractivity contribution in [1.82, 2.24) is 29.9 Å². The number of pyridine rings is 4. The molecular weight excluding hydrogens is 564 g/mol. The molecule has 0 atom stereocenters. The van der Waals surface area contributed by atoms with Gasteiger partial charge in [0.25, 0.3) is 0 Å². The molecule has 0 fully saturated rings. The normalized spacial score (nSPS) is 11.9. The van der Waals surface area contributed by atoms with Crippen LogP contribution in [-0.4, -0.2) is 29.9 Å². The lowest BCUT2D eigenvalue weighted by molar-refractivity contribution is 1.09. The predicted octanol–water partition coefficient (Wildman–Crippen LogP) is 8.99. The summed E-state index contributed by atoms with van der Waals surface area (Å²) in [7, 11) is 0. The molecule has 0 aliphatic carbocycles. The summed E-state index contributed by atoms with van der Waals surface area (Å²) in [6.07, 6.45) is 35.2. The minimum absolute atomic E-state index is 0.780. The minimum atomic E-state index is 0.780. The van der Waals surface area contributed by atoms with E-state index in [1.807, 2.05) is 73.8 Å². The monoisotopic (exact) mass is 604 g/mol. The van der Waals surface area contributed by atoms with Crippen molar-refractivity contribution in [1.29, 1.82) is 0 Å². The van der Waals surface area contributed by atoms with Crippen LogP contribution in [0.25, 0.3) is 48.6 Å². The second kappa shape index (κ2) is 16.1. The summed E-state index contributed by atoms with van der Waals surface area (Å²) >= 11 is 0. The van der Waals surface area contributed by atoms with Crippen molar-refractivity contribution in [2.45, 2.75) is 53.4 Å². The molecule has 0 radical (unpaired) electrons. The molecule has 0 amide bonds. The zero-order valence-corrected chi connectivity index (χ0v) is 27.1. The summed E-state index contributed by atoms with van der Waals surface area (Å²) in [6, 6.07) is 8.15. The molecule has 0 spiro atoms. The van der Waals surface area contributed by atoms with E-state index in [1.54, 1.807) is 0 Å². The average molecular weight is 605 g/mol. The van der Waals surface area contributed by atoms with Crippen molar-refractivity contribution in [2.24, 2.45) is 0 Å². The second-order valence-corrected chi connectivity index (χ2v) is 10.8. The van der Waals surface area contributed by atoms with Gasteiger partial charge in [-0.25, -0.2) is 9.97 Å². The van der Waals surface area contributed by atoms with E-state index in [0.717, 1.165) is 70.7 Å². The van der Waals surface area contributed by atoms with Crippen LogP contribution in [0.3, 0.4) is 0 Å². The number of aryl methyl sites for hydroxylation is 4. The quantitative estimate of drug-likeness (QED) is 0.141. The molecule has 0 saturated carbocycles. The SMILES string of the molecule is CCc1cnccc1C=Cc1nc(C=Cc2ccncc2CC)c(C=Cc2ccncc2CC)nc1C=Cc1ccncc1CC. The Balaban J connectivity index is 1.68. The van der Waals surface area contributed by atoms with Gasteiger partial charge in [-0.1, -0.05) is 52.0 Å². The fraction of sp³-hybridized carbons (Fsp3) is 0.200. The van der Waals surface area contributed by atoms with Crippen LogP contribution in [0.4, 0.5) is 0 Å². The third-order valence-corrected chi connectivity index (χ3v) is 7.98. The molecule has 0 unspecified atom stereocenters. The van der Waals surface area contributed by atoms with Gasteiger partial charge >= 0.3 is 0 Å². The lowest BCUT2D eigenvalue weighted by Gasteiger charge is -2.09. The molecule has 0 aliphatic rings. The Morgan fingerprint density at radius 1 is 0.370 bits per heavy atom. The van der Waals surface area contributed by atoms with Gasteiger partial charge in [-0.3, -0.25) is 19.9 Å². The first kappa shape index (κ1) is 32.0. The fourth-order valence-electron chi connectivity index (χ4n) is 5.24. The Hall–Kier alpha value is -5.36. The van der Waals surface area contributed by atoms with Crippen LogP contribution in [0, 0.1) is 0 Å². The summed E-state index contributed by atoms with van der Waals surface area (Å²) in [4.78, 5) is 27.7. The number of rotatable bonds is 12. The van der Waals surface area contributed by atoms with Gasteiger partial charge in [0.1, 0.15) is 0 Å². The molecule has 6 heteroatoms. The fourth-order valence-corrected chi connectivity index (χ4v) is 5.24. The largest absolute Gasteiger partial charge is 0.264 e. The maximum absolute atomic E-state index is 5.23. The number of hydrogen-bond donors (Lipinski definition) is 0. The lowest BCUT2D eigenvalue weighted by Crippen LogP contribution is -2.00. The van der Waals surface area contributed by atoms with E-state index in [9.17, 15) is 0 Å². The molecule has 5 aromatic heterocycles. The highest BCUT2D eigenvalue weighted by Gasteiger charge is 2.10. The molecule has 5 heterocycles. The summed E-state index contributed by atoms with van der Waals surface area (Å²) in [5.41, 5.74) is 12.3. The van der Waals surface area contributed by atoms with Crippen molar-refractivity contribution in [3.63, 3.8) is 0 Å². The Morgan fingerprint density at radius 2 is 0.609 bits per heavy atom. The van der Waals surface area contributed by atoms with Crippen molar-refractivity contribution in [2.75, 3.05) is 0 Å². The minimum Gasteiger partial charge on any atom is -0.264 e. The Kier molecular flexibility index (Phi) is 11.2. The standard InChI is InChI=1S/C40H40N6/c1-5-29-25-41-21-17-33(29)9-13-37-38(14-10-34-18-22-42-26-30(34)6-2)46-40(16-12-36-20-24-44-28-32(36)8-4)39(45-37)15-11-35-19-23-43-27-31(35)7-3/h9-28H,5-8H2,1-4H3. The number of nitrogens with zero attached hydrogens (tertiary/aromatic N) is 6. The maximum Gasteiger partial charge on any atom is 0.0894 e. The molecule has 0 aromatic carbocycles. The van der Waals surface area contributed by atoms with Gasteiger partial charge in [0.2, 0.25) is 0 Å². The van der Waals surface area contributed by atoms with Crippen LogP contribution < -0.4 is 0 Å². The number of aromatic nitrogens is 6. The molecule has 0 N–H and O–H groups in total. The van der Waals surface area contributed by atoms with Gasteiger partial charge < -0.3 is 0 Å². The Labute approximate surface area is 272 Å². The highest BCUT2D eigenvalue weighted by atomic mass is 14.8. The molecular formula is C40H40N6. The van der Waals surface area contributed by atoms with Gasteiger partial charge in [0.15, 0.2) is 0 Å². The van der Waals surface area contributed by atoms with Crippen molar-refractivity contribution in [3.05, 3.63) is 141 Å². The van der Waals surface area contributed by atoms with Gasteiger partial charge in [-0.05, 0) is 119 Å². The molecule has 46 heavy (non-hydrogen) atoms. The van der Waals surface area contributed by atoms with Crippen LogP contribution in [0.1, 0.15) is 95.0 Å². The first-order valence-electron chi connectivity index (χ1n) is 16.0. The van der Waals surface area contributed by atoms with E-state index < -0.39 is 0 Å². The van der Waals surface area contributed by atoms with Gasteiger partial charge in [-0.15, -0.1) is 0 Å². The lowest BCUT2D eigenvalue weighted by atomic mass is 10.0. The smallest absolute Gasteiger partial charge is 0.0894 e. The van der Waals surface area contributed by atoms with Crippen LogP contribution in [0.2, 0.25) is 0 Å². The molecule has 5 rings (SSSR count). The first-order valence-corrected chi connectivity index (χ1v) is 16.0. The first-order chi connectivity index (χ1) is 22.6. The van der Waals surface area contributed by atoms with Gasteiger partial charge in [0.05, 0.1) is 22.8 Å². The highest BCUT2D eigenvalue weighted by Crippen LogP contribution is 2.23. The Morgan fingerprint density at radius 3 is 0.826 bits per heavy atom. The van der Waals surface area contributed by atoms with E-state index in [2.05, 4.69) is 96.2 Å². The van der Waals surface area contributed by atoms with Crippen molar-refractivity contribution >= 4 is 48.6 Å². The predicted molar refractivity (Wildman–Crippen MR) is 192 cm³/mol. The molecule has 0 aliphatic heterocycles. The number of hydrogen-bond acceptors (Lipinski definition) is 6.